The first-order valence-corrected chi connectivity index (χ1v) is 8.62. The molecule has 0 heterocycles. The number of sulfonamides is 1. The lowest BCUT2D eigenvalue weighted by Gasteiger charge is -2.21. The second kappa shape index (κ2) is 7.08. The van der Waals surface area contributed by atoms with Gasteiger partial charge in [0.05, 0.1) is 28.3 Å². The van der Waals surface area contributed by atoms with Gasteiger partial charge in [-0.05, 0) is 24.3 Å². The molecule has 0 amide bonds. The Morgan fingerprint density at radius 3 is 2.48 bits per heavy atom. The Hall–Kier alpha value is -2.65. The summed E-state index contributed by atoms with van der Waals surface area (Å²) in [4.78, 5) is 21.5. The Kier molecular flexibility index (Phi) is 5.29. The van der Waals surface area contributed by atoms with Gasteiger partial charge in [0.2, 0.25) is 0 Å². The third-order valence-electron chi connectivity index (χ3n) is 3.41. The first kappa shape index (κ1) is 18.7. The van der Waals surface area contributed by atoms with Gasteiger partial charge in [-0.2, -0.15) is 0 Å². The molecule has 0 aliphatic carbocycles. The van der Waals surface area contributed by atoms with Crippen LogP contribution in [0.3, 0.4) is 0 Å². The van der Waals surface area contributed by atoms with Crippen molar-refractivity contribution in [2.24, 2.45) is 0 Å². The summed E-state index contributed by atoms with van der Waals surface area (Å²) in [6.07, 6.45) is 0. The molecule has 0 saturated heterocycles. The van der Waals surface area contributed by atoms with E-state index in [-0.39, 0.29) is 16.3 Å². The van der Waals surface area contributed by atoms with Crippen LogP contribution < -0.4 is 4.31 Å². The molecule has 0 fully saturated rings. The van der Waals surface area contributed by atoms with Crippen LogP contribution in [0.1, 0.15) is 10.4 Å². The fourth-order valence-electron chi connectivity index (χ4n) is 2.10. The average Bonchev–Trinajstić information content (AvgIpc) is 2.60. The molecule has 2 aromatic rings. The topological polar surface area (TPSA) is 107 Å². The number of nitro benzene ring substituents is 1. The van der Waals surface area contributed by atoms with Gasteiger partial charge >= 0.3 is 5.97 Å². The van der Waals surface area contributed by atoms with Gasteiger partial charge in [0.15, 0.2) is 4.90 Å². The summed E-state index contributed by atoms with van der Waals surface area (Å²) in [6, 6.07) is 8.91. The van der Waals surface area contributed by atoms with E-state index in [1.54, 1.807) is 0 Å². The fourth-order valence-corrected chi connectivity index (χ4v) is 3.76. The monoisotopic (exact) mass is 384 g/mol. The molecule has 2 rings (SSSR count). The molecule has 0 aliphatic heterocycles. The van der Waals surface area contributed by atoms with Crippen molar-refractivity contribution in [3.63, 3.8) is 0 Å². The summed E-state index contributed by atoms with van der Waals surface area (Å²) >= 11 is 6.04. The molecule has 2 aromatic carbocycles. The number of hydrogen-bond acceptors (Lipinski definition) is 6. The van der Waals surface area contributed by atoms with Crippen LogP contribution in [0.2, 0.25) is 5.02 Å². The third kappa shape index (κ3) is 3.57. The highest BCUT2D eigenvalue weighted by molar-refractivity contribution is 7.93. The molecule has 132 valence electrons. The molecule has 0 unspecified atom stereocenters. The van der Waals surface area contributed by atoms with E-state index in [0.717, 1.165) is 16.4 Å². The van der Waals surface area contributed by atoms with E-state index in [1.807, 2.05) is 0 Å². The van der Waals surface area contributed by atoms with Crippen LogP contribution in [-0.4, -0.2) is 33.5 Å². The smallest absolute Gasteiger partial charge is 0.337 e. The van der Waals surface area contributed by atoms with E-state index in [0.29, 0.717) is 0 Å². The maximum atomic E-state index is 12.8. The molecule has 25 heavy (non-hydrogen) atoms. The molecule has 0 N–H and O–H groups in total. The van der Waals surface area contributed by atoms with Crippen LogP contribution in [0.5, 0.6) is 0 Å². The van der Waals surface area contributed by atoms with E-state index in [2.05, 4.69) is 4.74 Å². The van der Waals surface area contributed by atoms with Gasteiger partial charge in [-0.3, -0.25) is 14.4 Å². The SMILES string of the molecule is COC(=O)c1ccc(Cl)c(N(C)S(=O)(=O)c2ccccc2[N+](=O)[O-])c1. The van der Waals surface area contributed by atoms with Crippen LogP contribution in [0.25, 0.3) is 0 Å². The van der Waals surface area contributed by atoms with E-state index < -0.39 is 31.5 Å². The maximum Gasteiger partial charge on any atom is 0.337 e. The second-order valence-corrected chi connectivity index (χ2v) is 7.20. The molecule has 0 spiro atoms. The number of anilines is 1. The van der Waals surface area contributed by atoms with Crippen molar-refractivity contribution in [2.75, 3.05) is 18.5 Å². The zero-order valence-electron chi connectivity index (χ0n) is 13.2. The number of rotatable bonds is 5. The quantitative estimate of drug-likeness (QED) is 0.445. The first-order valence-electron chi connectivity index (χ1n) is 6.80. The normalized spacial score (nSPS) is 11.0. The van der Waals surface area contributed by atoms with Crippen molar-refractivity contribution in [1.29, 1.82) is 0 Å². The van der Waals surface area contributed by atoms with Gasteiger partial charge < -0.3 is 4.74 Å². The number of nitrogens with zero attached hydrogens (tertiary/aromatic N) is 2. The number of esters is 1. The average molecular weight is 385 g/mol. The van der Waals surface area contributed by atoms with Crippen LogP contribution in [0, 0.1) is 10.1 Å². The largest absolute Gasteiger partial charge is 0.465 e. The van der Waals surface area contributed by atoms with Crippen LogP contribution in [-0.2, 0) is 14.8 Å². The van der Waals surface area contributed by atoms with Gasteiger partial charge in [0.25, 0.3) is 15.7 Å². The fraction of sp³-hybridized carbons (Fsp3) is 0.133. The highest BCUT2D eigenvalue weighted by atomic mass is 35.5. The molecule has 0 aromatic heterocycles. The third-order valence-corrected chi connectivity index (χ3v) is 5.55. The van der Waals surface area contributed by atoms with Gasteiger partial charge in [0.1, 0.15) is 0 Å². The molecule has 0 aliphatic rings. The summed E-state index contributed by atoms with van der Waals surface area (Å²) in [5.41, 5.74) is -0.483. The summed E-state index contributed by atoms with van der Waals surface area (Å²) < 4.78 is 31.0. The summed E-state index contributed by atoms with van der Waals surface area (Å²) in [6.45, 7) is 0. The lowest BCUT2D eigenvalue weighted by atomic mass is 10.2. The summed E-state index contributed by atoms with van der Waals surface area (Å²) in [5.74, 6) is -0.672. The van der Waals surface area contributed by atoms with Crippen molar-refractivity contribution >= 4 is 39.0 Å². The van der Waals surface area contributed by atoms with Crippen LogP contribution in [0.15, 0.2) is 47.4 Å². The van der Waals surface area contributed by atoms with Crippen molar-refractivity contribution < 1.29 is 22.9 Å². The van der Waals surface area contributed by atoms with Gasteiger partial charge in [-0.1, -0.05) is 23.7 Å². The summed E-state index contributed by atoms with van der Waals surface area (Å²) in [5, 5.41) is 11.2. The highest BCUT2D eigenvalue weighted by Crippen LogP contribution is 2.33. The van der Waals surface area contributed by atoms with E-state index >= 15 is 0 Å². The molecule has 0 atom stereocenters. The lowest BCUT2D eigenvalue weighted by Crippen LogP contribution is -2.27. The van der Waals surface area contributed by atoms with Gasteiger partial charge in [-0.25, -0.2) is 13.2 Å². The number of benzene rings is 2. The minimum Gasteiger partial charge on any atom is -0.465 e. The molecule has 10 heteroatoms. The first-order chi connectivity index (χ1) is 11.7. The molecule has 0 radical (unpaired) electrons. The predicted molar refractivity (Wildman–Crippen MR) is 91.5 cm³/mol. The van der Waals surface area contributed by atoms with E-state index in [9.17, 15) is 23.3 Å². The van der Waals surface area contributed by atoms with E-state index in [4.69, 9.17) is 11.6 Å². The zero-order chi connectivity index (χ0) is 18.8. The maximum absolute atomic E-state index is 12.8. The predicted octanol–water partition coefficient (Wildman–Crippen LogP) is 2.86. The number of halogens is 1. The molecular formula is C15H13ClN2O6S. The number of carbonyl (C=O) groups excluding carboxylic acids is 1. The Balaban J connectivity index is 2.59. The zero-order valence-corrected chi connectivity index (χ0v) is 14.7. The number of para-hydroxylation sites is 1. The summed E-state index contributed by atoms with van der Waals surface area (Å²) in [7, 11) is -1.91. The molecular weight excluding hydrogens is 372 g/mol. The van der Waals surface area contributed by atoms with Crippen LogP contribution >= 0.6 is 11.6 Å². The Morgan fingerprint density at radius 2 is 1.88 bits per heavy atom. The van der Waals surface area contributed by atoms with Crippen molar-refractivity contribution in [3.8, 4) is 0 Å². The number of nitro groups is 1. The standard InChI is InChI=1S/C15H13ClN2O6S/c1-17(13-9-10(15(19)24-2)7-8-11(13)16)25(22,23)14-6-4-3-5-12(14)18(20)21/h3-9H,1-2H3. The number of methoxy groups -OCH3 is 1. The van der Waals surface area contributed by atoms with Crippen molar-refractivity contribution in [1.82, 2.24) is 0 Å². The van der Waals surface area contributed by atoms with Crippen LogP contribution in [0.4, 0.5) is 11.4 Å². The number of carbonyl (C=O) groups is 1. The molecule has 0 saturated carbocycles. The van der Waals surface area contributed by atoms with E-state index in [1.165, 1.54) is 44.5 Å². The number of hydrogen-bond donors (Lipinski definition) is 0. The van der Waals surface area contributed by atoms with Crippen molar-refractivity contribution in [3.05, 3.63) is 63.2 Å². The van der Waals surface area contributed by atoms with Gasteiger partial charge in [0, 0.05) is 13.1 Å². The molecule has 8 nitrogen and oxygen atoms in total. The minimum atomic E-state index is -4.28. The van der Waals surface area contributed by atoms with Crippen molar-refractivity contribution in [2.45, 2.75) is 4.90 Å². The Labute approximate surface area is 148 Å². The minimum absolute atomic E-state index is 0.0114. The lowest BCUT2D eigenvalue weighted by molar-refractivity contribution is -0.387. The molecule has 0 bridgehead atoms. The highest BCUT2D eigenvalue weighted by Gasteiger charge is 2.30. The Bertz CT molecular complexity index is 945. The second-order valence-electron chi connectivity index (χ2n) is 4.86. The van der Waals surface area contributed by atoms with Gasteiger partial charge in [-0.15, -0.1) is 0 Å². The number of ether oxygens (including phenoxy) is 1. The Morgan fingerprint density at radius 1 is 1.24 bits per heavy atom.